The van der Waals surface area contributed by atoms with E-state index >= 15 is 0 Å². The van der Waals surface area contributed by atoms with Gasteiger partial charge in [-0.15, -0.1) is 21.0 Å². The normalized spacial score (nSPS) is 19.6. The van der Waals surface area contributed by atoms with Crippen LogP contribution in [0, 0.1) is 5.92 Å². The molecule has 13 heavy (non-hydrogen) atoms. The SMILES string of the molecule is CC(C)CCPC1CCCCC1.Cl. The Morgan fingerprint density at radius 2 is 1.77 bits per heavy atom. The molecule has 1 unspecified atom stereocenters. The molecule has 1 atom stereocenters. The smallest absolute Gasteiger partial charge is 0.0237 e. The molecule has 1 rings (SSSR count). The summed E-state index contributed by atoms with van der Waals surface area (Å²) in [7, 11) is 1.27. The molecule has 0 amide bonds. The molecule has 0 nitrogen and oxygen atoms in total. The van der Waals surface area contributed by atoms with Crippen LogP contribution in [-0.2, 0) is 0 Å². The highest BCUT2D eigenvalue weighted by Crippen LogP contribution is 2.33. The van der Waals surface area contributed by atoms with Crippen LogP contribution in [0.15, 0.2) is 0 Å². The third kappa shape index (κ3) is 6.75. The molecule has 0 aromatic rings. The van der Waals surface area contributed by atoms with Gasteiger partial charge in [-0.05, 0) is 37.0 Å². The lowest BCUT2D eigenvalue weighted by Crippen LogP contribution is -2.07. The molecule has 1 saturated carbocycles. The van der Waals surface area contributed by atoms with E-state index < -0.39 is 0 Å². The van der Waals surface area contributed by atoms with Crippen LogP contribution in [0.25, 0.3) is 0 Å². The average molecular weight is 223 g/mol. The number of hydrogen-bond donors (Lipinski definition) is 0. The van der Waals surface area contributed by atoms with Gasteiger partial charge in [0.15, 0.2) is 0 Å². The van der Waals surface area contributed by atoms with Crippen LogP contribution in [-0.4, -0.2) is 11.8 Å². The van der Waals surface area contributed by atoms with Gasteiger partial charge in [-0.2, -0.15) is 0 Å². The van der Waals surface area contributed by atoms with Crippen molar-refractivity contribution in [2.24, 2.45) is 5.92 Å². The first-order valence-corrected chi connectivity index (χ1v) is 6.81. The van der Waals surface area contributed by atoms with Gasteiger partial charge in [0.25, 0.3) is 0 Å². The van der Waals surface area contributed by atoms with E-state index in [4.69, 9.17) is 0 Å². The lowest BCUT2D eigenvalue weighted by atomic mass is 10.0. The summed E-state index contributed by atoms with van der Waals surface area (Å²) >= 11 is 0. The van der Waals surface area contributed by atoms with Crippen molar-refractivity contribution < 1.29 is 0 Å². The number of halogens is 1. The lowest BCUT2D eigenvalue weighted by Gasteiger charge is -2.21. The van der Waals surface area contributed by atoms with E-state index in [1.807, 2.05) is 0 Å². The van der Waals surface area contributed by atoms with Gasteiger partial charge < -0.3 is 0 Å². The zero-order chi connectivity index (χ0) is 8.81. The first kappa shape index (κ1) is 13.7. The Bertz CT molecular complexity index is 109. The van der Waals surface area contributed by atoms with E-state index in [1.165, 1.54) is 53.3 Å². The van der Waals surface area contributed by atoms with Crippen molar-refractivity contribution >= 4 is 21.0 Å². The van der Waals surface area contributed by atoms with Crippen LogP contribution in [0.1, 0.15) is 52.4 Å². The summed E-state index contributed by atoms with van der Waals surface area (Å²) < 4.78 is 0. The Balaban J connectivity index is 0.00000144. The zero-order valence-electron chi connectivity index (χ0n) is 9.01. The molecular weight excluding hydrogens is 199 g/mol. The molecule has 2 heteroatoms. The number of hydrogen-bond acceptors (Lipinski definition) is 0. The fraction of sp³-hybridized carbons (Fsp3) is 1.00. The van der Waals surface area contributed by atoms with Crippen LogP contribution < -0.4 is 0 Å². The van der Waals surface area contributed by atoms with E-state index in [0.29, 0.717) is 0 Å². The van der Waals surface area contributed by atoms with Crippen LogP contribution in [0.2, 0.25) is 0 Å². The predicted molar refractivity (Wildman–Crippen MR) is 66.8 cm³/mol. The Labute approximate surface area is 91.5 Å². The quantitative estimate of drug-likeness (QED) is 0.616. The van der Waals surface area contributed by atoms with Gasteiger partial charge in [-0.1, -0.05) is 33.1 Å². The molecule has 1 fully saturated rings. The molecule has 0 bridgehead atoms. The molecule has 0 radical (unpaired) electrons. The Morgan fingerprint density at radius 1 is 1.15 bits per heavy atom. The van der Waals surface area contributed by atoms with Crippen LogP contribution in [0.3, 0.4) is 0 Å². The molecule has 1 aliphatic rings. The molecule has 0 spiro atoms. The third-order valence-corrected chi connectivity index (χ3v) is 4.49. The molecule has 0 saturated heterocycles. The van der Waals surface area contributed by atoms with E-state index in [9.17, 15) is 0 Å². The molecule has 1 aliphatic carbocycles. The number of rotatable bonds is 4. The second-order valence-electron chi connectivity index (χ2n) is 4.47. The predicted octanol–water partition coefficient (Wildman–Crippen LogP) is 4.47. The first-order chi connectivity index (χ1) is 5.79. The summed E-state index contributed by atoms with van der Waals surface area (Å²) in [5.41, 5.74) is 1.12. The van der Waals surface area contributed by atoms with E-state index in [1.54, 1.807) is 0 Å². The molecule has 0 aromatic carbocycles. The summed E-state index contributed by atoms with van der Waals surface area (Å²) in [6.45, 7) is 4.68. The standard InChI is InChI=1S/C11H23P.ClH/c1-10(2)8-9-12-11-6-4-3-5-7-11;/h10-12H,3-9H2,1-2H3;1H. The molecule has 0 aliphatic heterocycles. The van der Waals surface area contributed by atoms with E-state index in [-0.39, 0.29) is 12.4 Å². The fourth-order valence-corrected chi connectivity index (χ4v) is 3.85. The van der Waals surface area contributed by atoms with E-state index in [0.717, 1.165) is 11.6 Å². The van der Waals surface area contributed by atoms with Gasteiger partial charge in [-0.3, -0.25) is 0 Å². The van der Waals surface area contributed by atoms with Crippen molar-refractivity contribution in [1.82, 2.24) is 0 Å². The van der Waals surface area contributed by atoms with Gasteiger partial charge >= 0.3 is 0 Å². The van der Waals surface area contributed by atoms with Gasteiger partial charge in [0.1, 0.15) is 0 Å². The Hall–Kier alpha value is 0.720. The topological polar surface area (TPSA) is 0 Å². The van der Waals surface area contributed by atoms with Crippen LogP contribution in [0.4, 0.5) is 0 Å². The average Bonchev–Trinajstić information content (AvgIpc) is 2.05. The fourth-order valence-electron chi connectivity index (χ4n) is 1.88. The molecule has 80 valence electrons. The molecule has 0 heterocycles. The monoisotopic (exact) mass is 222 g/mol. The Kier molecular flexibility index (Phi) is 8.51. The maximum Gasteiger partial charge on any atom is -0.0237 e. The van der Waals surface area contributed by atoms with Crippen molar-refractivity contribution in [3.05, 3.63) is 0 Å². The minimum Gasteiger partial charge on any atom is -0.147 e. The Morgan fingerprint density at radius 3 is 2.31 bits per heavy atom. The van der Waals surface area contributed by atoms with Crippen LogP contribution in [0.5, 0.6) is 0 Å². The highest BCUT2D eigenvalue weighted by Gasteiger charge is 2.12. The summed E-state index contributed by atoms with van der Waals surface area (Å²) in [5, 5.41) is 0. The molecule has 0 N–H and O–H groups in total. The van der Waals surface area contributed by atoms with Crippen LogP contribution >= 0.6 is 21.0 Å². The van der Waals surface area contributed by atoms with Crippen molar-refractivity contribution in [2.75, 3.05) is 6.16 Å². The van der Waals surface area contributed by atoms with Crippen molar-refractivity contribution in [2.45, 2.75) is 58.0 Å². The van der Waals surface area contributed by atoms with Gasteiger partial charge in [0.2, 0.25) is 0 Å². The van der Waals surface area contributed by atoms with Gasteiger partial charge in [0, 0.05) is 0 Å². The van der Waals surface area contributed by atoms with Crippen molar-refractivity contribution in [3.63, 3.8) is 0 Å². The lowest BCUT2D eigenvalue weighted by molar-refractivity contribution is 0.512. The highest BCUT2D eigenvalue weighted by molar-refractivity contribution is 7.38. The van der Waals surface area contributed by atoms with E-state index in [2.05, 4.69) is 13.8 Å². The highest BCUT2D eigenvalue weighted by atomic mass is 35.5. The van der Waals surface area contributed by atoms with Gasteiger partial charge in [0.05, 0.1) is 0 Å². The summed E-state index contributed by atoms with van der Waals surface area (Å²) in [5.74, 6) is 0.918. The maximum absolute atomic E-state index is 2.34. The maximum atomic E-state index is 2.34. The second kappa shape index (κ2) is 8.06. The summed E-state index contributed by atoms with van der Waals surface area (Å²) in [4.78, 5) is 0. The van der Waals surface area contributed by atoms with Gasteiger partial charge in [-0.25, -0.2) is 0 Å². The molecule has 0 aromatic heterocycles. The summed E-state index contributed by atoms with van der Waals surface area (Å²) in [6, 6.07) is 0. The second-order valence-corrected chi connectivity index (χ2v) is 6.20. The minimum atomic E-state index is 0. The first-order valence-electron chi connectivity index (χ1n) is 5.52. The van der Waals surface area contributed by atoms with Crippen molar-refractivity contribution in [1.29, 1.82) is 0 Å². The molecular formula is C11H24ClP. The van der Waals surface area contributed by atoms with Crippen molar-refractivity contribution in [3.8, 4) is 0 Å². The summed E-state index contributed by atoms with van der Waals surface area (Å²) in [6.07, 6.45) is 10.6. The zero-order valence-corrected chi connectivity index (χ0v) is 10.8. The largest absolute Gasteiger partial charge is 0.147 e. The minimum absolute atomic E-state index is 0. The third-order valence-electron chi connectivity index (χ3n) is 2.76.